The van der Waals surface area contributed by atoms with Gasteiger partial charge >= 0.3 is 0 Å². The van der Waals surface area contributed by atoms with E-state index in [0.29, 0.717) is 10.8 Å². The topological polar surface area (TPSA) is 54.9 Å². The highest BCUT2D eigenvalue weighted by atomic mass is 32.1. The third kappa shape index (κ3) is 2.36. The summed E-state index contributed by atoms with van der Waals surface area (Å²) in [6, 6.07) is 4.17. The lowest BCUT2D eigenvalue weighted by Gasteiger charge is -1.96. The van der Waals surface area contributed by atoms with Gasteiger partial charge in [-0.25, -0.2) is 9.97 Å². The first-order chi connectivity index (χ1) is 9.13. The van der Waals surface area contributed by atoms with Gasteiger partial charge in [0.1, 0.15) is 5.69 Å². The van der Waals surface area contributed by atoms with Gasteiger partial charge in [0.15, 0.2) is 5.13 Å². The third-order valence-electron chi connectivity index (χ3n) is 2.72. The number of benzene rings is 1. The molecule has 0 aliphatic carbocycles. The molecule has 0 saturated carbocycles. The number of aromatic nitrogens is 2. The highest BCUT2D eigenvalue weighted by Crippen LogP contribution is 2.29. The van der Waals surface area contributed by atoms with Gasteiger partial charge in [-0.2, -0.15) is 0 Å². The largest absolute Gasteiger partial charge is 0.296 e. The number of amides is 1. The van der Waals surface area contributed by atoms with Crippen molar-refractivity contribution < 1.29 is 4.79 Å². The lowest BCUT2D eigenvalue weighted by molar-refractivity contribution is 0.102. The van der Waals surface area contributed by atoms with E-state index >= 15 is 0 Å². The van der Waals surface area contributed by atoms with Crippen LogP contribution in [-0.2, 0) is 0 Å². The van der Waals surface area contributed by atoms with Crippen LogP contribution in [0.4, 0.5) is 5.13 Å². The van der Waals surface area contributed by atoms with Crippen molar-refractivity contribution in [3.63, 3.8) is 0 Å². The van der Waals surface area contributed by atoms with Gasteiger partial charge < -0.3 is 0 Å². The molecule has 4 nitrogen and oxygen atoms in total. The van der Waals surface area contributed by atoms with Crippen LogP contribution in [0.15, 0.2) is 23.0 Å². The highest BCUT2D eigenvalue weighted by Gasteiger charge is 2.12. The van der Waals surface area contributed by atoms with Gasteiger partial charge in [-0.3, -0.25) is 10.1 Å². The quantitative estimate of drug-likeness (QED) is 0.784. The monoisotopic (exact) mass is 289 g/mol. The number of hydrogen-bond donors (Lipinski definition) is 1. The van der Waals surface area contributed by atoms with Crippen molar-refractivity contribution in [3.05, 3.63) is 39.8 Å². The molecule has 1 N–H and O–H groups in total. The molecule has 2 aromatic heterocycles. The molecule has 3 aromatic rings. The molecule has 0 fully saturated rings. The van der Waals surface area contributed by atoms with E-state index in [1.807, 2.05) is 6.92 Å². The molecule has 0 bridgehead atoms. The molecule has 0 radical (unpaired) electrons. The van der Waals surface area contributed by atoms with E-state index in [2.05, 4.69) is 34.3 Å². The normalized spacial score (nSPS) is 10.8. The molecule has 0 saturated heterocycles. The van der Waals surface area contributed by atoms with Gasteiger partial charge in [0, 0.05) is 5.38 Å². The number of fused-ring (bicyclic) bond motifs is 1. The summed E-state index contributed by atoms with van der Waals surface area (Å²) in [5.41, 5.74) is 5.34. The summed E-state index contributed by atoms with van der Waals surface area (Å²) in [7, 11) is 0. The van der Waals surface area contributed by atoms with Gasteiger partial charge in [0.25, 0.3) is 5.91 Å². The SMILES string of the molecule is Cc1cc(C)c2nc(NC(=O)c3cscn3)sc2c1. The van der Waals surface area contributed by atoms with Gasteiger partial charge in [-0.15, -0.1) is 11.3 Å². The number of rotatable bonds is 2. The minimum atomic E-state index is -0.213. The number of carbonyl (C=O) groups excluding carboxylic acids is 1. The summed E-state index contributed by atoms with van der Waals surface area (Å²) in [5, 5.41) is 5.13. The predicted octanol–water partition coefficient (Wildman–Crippen LogP) is 3.62. The zero-order valence-corrected chi connectivity index (χ0v) is 12.1. The van der Waals surface area contributed by atoms with Crippen LogP contribution < -0.4 is 5.32 Å². The number of anilines is 1. The summed E-state index contributed by atoms with van der Waals surface area (Å²) >= 11 is 2.88. The fraction of sp³-hybridized carbons (Fsp3) is 0.154. The van der Waals surface area contributed by atoms with Crippen LogP contribution >= 0.6 is 22.7 Å². The van der Waals surface area contributed by atoms with Crippen LogP contribution in [0.25, 0.3) is 10.2 Å². The first-order valence-corrected chi connectivity index (χ1v) is 7.47. The highest BCUT2D eigenvalue weighted by molar-refractivity contribution is 7.22. The van der Waals surface area contributed by atoms with Gasteiger partial charge in [0.05, 0.1) is 15.7 Å². The molecule has 1 aromatic carbocycles. The predicted molar refractivity (Wildman–Crippen MR) is 79.2 cm³/mol. The van der Waals surface area contributed by atoms with Crippen molar-refractivity contribution in [3.8, 4) is 0 Å². The molecule has 0 unspecified atom stereocenters. The Morgan fingerprint density at radius 3 is 2.89 bits per heavy atom. The number of nitrogens with one attached hydrogen (secondary N) is 1. The summed E-state index contributed by atoms with van der Waals surface area (Å²) in [6.07, 6.45) is 0. The fourth-order valence-corrected chi connectivity index (χ4v) is 3.48. The summed E-state index contributed by atoms with van der Waals surface area (Å²) < 4.78 is 1.09. The summed E-state index contributed by atoms with van der Waals surface area (Å²) in [5.74, 6) is -0.213. The molecular formula is C13H11N3OS2. The molecule has 0 atom stereocenters. The van der Waals surface area contributed by atoms with Crippen LogP contribution in [0.5, 0.6) is 0 Å². The van der Waals surface area contributed by atoms with Crippen LogP contribution in [0.2, 0.25) is 0 Å². The van der Waals surface area contributed by atoms with E-state index in [1.54, 1.807) is 10.9 Å². The average Bonchev–Trinajstić information content (AvgIpc) is 2.96. The summed E-state index contributed by atoms with van der Waals surface area (Å²) in [4.78, 5) is 20.4. The van der Waals surface area contributed by atoms with Crippen molar-refractivity contribution in [2.45, 2.75) is 13.8 Å². The third-order valence-corrected chi connectivity index (χ3v) is 4.22. The Hall–Kier alpha value is -1.79. The van der Waals surface area contributed by atoms with Crippen molar-refractivity contribution in [1.82, 2.24) is 9.97 Å². The van der Waals surface area contributed by atoms with Crippen molar-refractivity contribution in [1.29, 1.82) is 0 Å². The molecule has 3 rings (SSSR count). The number of carbonyl (C=O) groups is 1. The van der Waals surface area contributed by atoms with Crippen LogP contribution in [0.3, 0.4) is 0 Å². The van der Waals surface area contributed by atoms with Crippen molar-refractivity contribution >= 4 is 43.9 Å². The first kappa shape index (κ1) is 12.3. The summed E-state index contributed by atoms with van der Waals surface area (Å²) in [6.45, 7) is 4.08. The molecule has 96 valence electrons. The van der Waals surface area contributed by atoms with E-state index in [1.165, 1.54) is 28.2 Å². The van der Waals surface area contributed by atoms with Crippen LogP contribution in [0, 0.1) is 13.8 Å². The Balaban J connectivity index is 1.94. The smallest absolute Gasteiger partial charge is 0.276 e. The number of aryl methyl sites for hydroxylation is 2. The van der Waals surface area contributed by atoms with E-state index < -0.39 is 0 Å². The second kappa shape index (κ2) is 4.71. The molecule has 0 spiro atoms. The van der Waals surface area contributed by atoms with Gasteiger partial charge in [0.2, 0.25) is 0 Å². The number of hydrogen-bond acceptors (Lipinski definition) is 5. The van der Waals surface area contributed by atoms with E-state index in [0.717, 1.165) is 15.8 Å². The standard InChI is InChI=1S/C13H11N3OS2/c1-7-3-8(2)11-10(4-7)19-13(15-11)16-12(17)9-5-18-6-14-9/h3-6H,1-2H3,(H,15,16,17). The maximum absolute atomic E-state index is 11.9. The van der Waals surface area contributed by atoms with Crippen molar-refractivity contribution in [2.75, 3.05) is 5.32 Å². The Bertz CT molecular complexity index is 747. The lowest BCUT2D eigenvalue weighted by Crippen LogP contribution is -2.11. The Morgan fingerprint density at radius 2 is 2.16 bits per heavy atom. The van der Waals surface area contributed by atoms with Crippen LogP contribution in [0.1, 0.15) is 21.6 Å². The molecule has 19 heavy (non-hydrogen) atoms. The first-order valence-electron chi connectivity index (χ1n) is 5.71. The van der Waals surface area contributed by atoms with Crippen molar-refractivity contribution in [2.24, 2.45) is 0 Å². The Kier molecular flexibility index (Phi) is 3.04. The minimum absolute atomic E-state index is 0.213. The lowest BCUT2D eigenvalue weighted by atomic mass is 10.1. The minimum Gasteiger partial charge on any atom is -0.296 e. The van der Waals surface area contributed by atoms with E-state index in [4.69, 9.17) is 0 Å². The second-order valence-corrected chi connectivity index (χ2v) is 6.02. The number of thiazole rings is 2. The molecule has 6 heteroatoms. The molecule has 0 aliphatic heterocycles. The average molecular weight is 289 g/mol. The Morgan fingerprint density at radius 1 is 1.32 bits per heavy atom. The zero-order chi connectivity index (χ0) is 13.4. The second-order valence-electron chi connectivity index (χ2n) is 4.28. The maximum atomic E-state index is 11.9. The van der Waals surface area contributed by atoms with E-state index in [9.17, 15) is 4.79 Å². The van der Waals surface area contributed by atoms with Crippen LogP contribution in [-0.4, -0.2) is 15.9 Å². The maximum Gasteiger partial charge on any atom is 0.276 e. The molecule has 0 aliphatic rings. The molecule has 2 heterocycles. The van der Waals surface area contributed by atoms with E-state index in [-0.39, 0.29) is 5.91 Å². The van der Waals surface area contributed by atoms with Gasteiger partial charge in [-0.1, -0.05) is 17.4 Å². The zero-order valence-electron chi connectivity index (χ0n) is 10.4. The fourth-order valence-electron chi connectivity index (χ4n) is 1.91. The number of nitrogens with zero attached hydrogens (tertiary/aromatic N) is 2. The van der Waals surface area contributed by atoms with Gasteiger partial charge in [-0.05, 0) is 31.0 Å². The Labute approximate surface area is 118 Å². The molecular weight excluding hydrogens is 278 g/mol. The molecule has 1 amide bonds.